The number of fused-ring (bicyclic) bond motifs is 2. The maximum atomic E-state index is 17.2. The fraction of sp³-hybridized carbons (Fsp3) is 0.794. The number of hydrazine groups is 1. The quantitative estimate of drug-likeness (QED) is 0.416. The van der Waals surface area contributed by atoms with Gasteiger partial charge in [-0.2, -0.15) is 9.97 Å². The summed E-state index contributed by atoms with van der Waals surface area (Å²) in [5.74, 6) is -0.00698. The van der Waals surface area contributed by atoms with Crippen molar-refractivity contribution in [1.29, 1.82) is 0 Å². The van der Waals surface area contributed by atoms with Crippen molar-refractivity contribution in [3.05, 3.63) is 17.7 Å². The van der Waals surface area contributed by atoms with E-state index < -0.39 is 17.6 Å². The van der Waals surface area contributed by atoms with Crippen LogP contribution >= 0.6 is 11.6 Å². The van der Waals surface area contributed by atoms with E-state index in [0.717, 1.165) is 45.2 Å². The van der Waals surface area contributed by atoms with Crippen molar-refractivity contribution >= 4 is 28.3 Å². The number of alkyl halides is 2. The fourth-order valence-electron chi connectivity index (χ4n) is 10.9. The zero-order valence-corrected chi connectivity index (χ0v) is 27.7. The third-order valence-corrected chi connectivity index (χ3v) is 13.4. The second kappa shape index (κ2) is 11.6. The summed E-state index contributed by atoms with van der Waals surface area (Å²) in [5, 5.41) is 11.8. The number of hydrogen-bond donors (Lipinski definition) is 3. The summed E-state index contributed by atoms with van der Waals surface area (Å²) < 4.78 is 44.3. The Bertz CT molecular complexity index is 1530. The molecule has 6 fully saturated rings. The summed E-state index contributed by atoms with van der Waals surface area (Å²) in [7, 11) is 0. The normalized spacial score (nSPS) is 41.8. The molecule has 2 saturated carbocycles. The van der Waals surface area contributed by atoms with Crippen LogP contribution in [0.25, 0.3) is 10.9 Å². The molecule has 7 aliphatic heterocycles. The van der Waals surface area contributed by atoms with E-state index in [1.54, 1.807) is 6.20 Å². The van der Waals surface area contributed by atoms with Crippen LogP contribution in [-0.4, -0.2) is 106 Å². The van der Waals surface area contributed by atoms with Gasteiger partial charge >= 0.3 is 6.01 Å². The predicted octanol–water partition coefficient (Wildman–Crippen LogP) is 3.84. The Morgan fingerprint density at radius 2 is 2.00 bits per heavy atom. The van der Waals surface area contributed by atoms with Crippen molar-refractivity contribution in [2.24, 2.45) is 17.3 Å². The molecule has 13 heteroatoms. The van der Waals surface area contributed by atoms with Crippen LogP contribution in [0.3, 0.4) is 0 Å². The minimum Gasteiger partial charge on any atom is -0.461 e. The third kappa shape index (κ3) is 5.23. The number of rotatable bonds is 3. The number of anilines is 1. The highest BCUT2D eigenvalue weighted by atomic mass is 35.5. The number of nitrogens with one attached hydrogen (secondary N) is 2. The topological polar surface area (TPSA) is 108 Å². The second-order valence-corrected chi connectivity index (χ2v) is 16.5. The summed E-state index contributed by atoms with van der Waals surface area (Å²) in [6.45, 7) is 4.72. The van der Waals surface area contributed by atoms with E-state index in [4.69, 9.17) is 36.0 Å². The average Bonchev–Trinajstić information content (AvgIpc) is 3.73. The van der Waals surface area contributed by atoms with E-state index in [0.29, 0.717) is 81.9 Å². The minimum absolute atomic E-state index is 0.0350. The average molecular weight is 674 g/mol. The van der Waals surface area contributed by atoms with E-state index in [-0.39, 0.29) is 58.3 Å². The highest BCUT2D eigenvalue weighted by Gasteiger charge is 2.55. The van der Waals surface area contributed by atoms with Crippen molar-refractivity contribution in [2.45, 2.75) is 98.9 Å². The predicted molar refractivity (Wildman–Crippen MR) is 173 cm³/mol. The fourth-order valence-corrected chi connectivity index (χ4v) is 11.4. The lowest BCUT2D eigenvalue weighted by Gasteiger charge is -2.57. The van der Waals surface area contributed by atoms with Gasteiger partial charge in [0.1, 0.15) is 24.1 Å². The number of halogens is 3. The van der Waals surface area contributed by atoms with Gasteiger partial charge in [0.2, 0.25) is 0 Å². The molecule has 11 rings (SSSR count). The number of aliphatic hydroxyl groups is 1. The van der Waals surface area contributed by atoms with E-state index in [1.165, 1.54) is 0 Å². The molecule has 2 aromatic rings. The molecule has 4 saturated heterocycles. The number of aromatic nitrogens is 3. The van der Waals surface area contributed by atoms with Crippen molar-refractivity contribution in [1.82, 2.24) is 30.7 Å². The molecule has 9 aliphatic rings. The van der Waals surface area contributed by atoms with Gasteiger partial charge in [0.25, 0.3) is 0 Å². The summed E-state index contributed by atoms with van der Waals surface area (Å²) in [4.78, 5) is 19.0. The largest absolute Gasteiger partial charge is 0.461 e. The van der Waals surface area contributed by atoms with E-state index in [2.05, 4.69) is 20.7 Å². The third-order valence-electron chi connectivity index (χ3n) is 12.9. The Kier molecular flexibility index (Phi) is 7.63. The van der Waals surface area contributed by atoms with Gasteiger partial charge in [0.15, 0.2) is 5.82 Å². The molecule has 47 heavy (non-hydrogen) atoms. The molecule has 7 atom stereocenters. The SMILES string of the molecule is OC12CCOCCC3C(Cl)CC4NNCC4C3c3ncc4c(nc(OC[C@@]56CCCN5C[C@H](F)C6)nc4c3F)N3CCCC(C3)(C1)C2. The lowest BCUT2D eigenvalue weighted by Crippen LogP contribution is -2.59. The molecule has 0 aromatic carbocycles. The zero-order chi connectivity index (χ0) is 32.0. The summed E-state index contributed by atoms with van der Waals surface area (Å²) in [6.07, 6.45) is 8.64. The van der Waals surface area contributed by atoms with Crippen LogP contribution in [0.1, 0.15) is 75.8 Å². The summed E-state index contributed by atoms with van der Waals surface area (Å²) in [6, 6.07) is 0.232. The van der Waals surface area contributed by atoms with Gasteiger partial charge in [0.05, 0.1) is 22.2 Å². The van der Waals surface area contributed by atoms with Crippen molar-refractivity contribution in [3.8, 4) is 6.01 Å². The Morgan fingerprint density at radius 1 is 1.13 bits per heavy atom. The Balaban J connectivity index is 1.15. The highest BCUT2D eigenvalue weighted by molar-refractivity contribution is 6.21. The van der Waals surface area contributed by atoms with Crippen LogP contribution in [0.15, 0.2) is 6.20 Å². The first-order chi connectivity index (χ1) is 22.7. The van der Waals surface area contributed by atoms with Crippen LogP contribution in [0, 0.1) is 23.1 Å². The molecule has 2 aromatic heterocycles. The Labute approximate surface area is 279 Å². The Hall–Kier alpha value is -1.96. The molecule has 256 valence electrons. The molecule has 0 amide bonds. The van der Waals surface area contributed by atoms with E-state index in [1.807, 2.05) is 0 Å². The van der Waals surface area contributed by atoms with Gasteiger partial charge in [-0.05, 0) is 81.6 Å². The number of pyridine rings is 1. The van der Waals surface area contributed by atoms with Crippen molar-refractivity contribution in [2.75, 3.05) is 57.4 Å². The maximum Gasteiger partial charge on any atom is 0.319 e. The smallest absolute Gasteiger partial charge is 0.319 e. The maximum absolute atomic E-state index is 17.2. The van der Waals surface area contributed by atoms with Gasteiger partial charge in [0, 0.05) is 69.3 Å². The molecule has 7 bridgehead atoms. The molecular weight excluding hydrogens is 628 g/mol. The first-order valence-corrected chi connectivity index (χ1v) is 18.2. The van der Waals surface area contributed by atoms with Gasteiger partial charge in [-0.1, -0.05) is 0 Å². The summed E-state index contributed by atoms with van der Waals surface area (Å²) >= 11 is 7.08. The van der Waals surface area contributed by atoms with Crippen LogP contribution in [0.4, 0.5) is 14.6 Å². The van der Waals surface area contributed by atoms with Crippen LogP contribution in [0.5, 0.6) is 6.01 Å². The number of ether oxygens (including phenoxy) is 2. The van der Waals surface area contributed by atoms with E-state index >= 15 is 4.39 Å². The van der Waals surface area contributed by atoms with Gasteiger partial charge < -0.3 is 19.5 Å². The number of hydrogen-bond acceptors (Lipinski definition) is 10. The van der Waals surface area contributed by atoms with Crippen LogP contribution < -0.4 is 20.5 Å². The van der Waals surface area contributed by atoms with Crippen LogP contribution in [-0.2, 0) is 4.74 Å². The molecule has 1 spiro atoms. The molecule has 5 unspecified atom stereocenters. The zero-order valence-electron chi connectivity index (χ0n) is 26.9. The minimum atomic E-state index is -0.872. The lowest BCUT2D eigenvalue weighted by atomic mass is 9.55. The standard InChI is InChI=1S/C34H46ClF2N7O3/c35-24-11-25-22(14-39-42-25)26-21(24)3-9-46-10-6-34(45)16-32(17-34)4-1-7-43(18-32)30-23-13-38-29(26)27(37)28(23)40-31(41-30)47-19-33-5-2-8-44(33)15-20(36)12-33/h13,20-22,24-26,39,42,45H,1-12,14-19H2/t20-,21?,22?,24?,25?,26?,32?,33+,34?/m1/s1. The Morgan fingerprint density at radius 3 is 2.89 bits per heavy atom. The monoisotopic (exact) mass is 673 g/mol. The van der Waals surface area contributed by atoms with Gasteiger partial charge in [-0.25, -0.2) is 8.78 Å². The second-order valence-electron chi connectivity index (χ2n) is 15.9. The van der Waals surface area contributed by atoms with Crippen molar-refractivity contribution in [3.63, 3.8) is 0 Å². The van der Waals surface area contributed by atoms with Gasteiger partial charge in [-0.15, -0.1) is 11.6 Å². The molecular formula is C34H46ClF2N7O3. The van der Waals surface area contributed by atoms with E-state index in [9.17, 15) is 9.50 Å². The first-order valence-electron chi connectivity index (χ1n) is 17.8. The molecule has 9 heterocycles. The summed E-state index contributed by atoms with van der Waals surface area (Å²) in [5.41, 5.74) is 6.11. The molecule has 3 N–H and O–H groups in total. The highest BCUT2D eigenvalue weighted by Crippen LogP contribution is 2.56. The lowest BCUT2D eigenvalue weighted by molar-refractivity contribution is -0.145. The van der Waals surface area contributed by atoms with Gasteiger partial charge in [-0.3, -0.25) is 20.7 Å². The molecule has 2 aliphatic carbocycles. The van der Waals surface area contributed by atoms with Crippen LogP contribution in [0.2, 0.25) is 0 Å². The molecule has 10 nitrogen and oxygen atoms in total. The molecule has 0 radical (unpaired) electrons. The number of nitrogens with zero attached hydrogens (tertiary/aromatic N) is 5. The first kappa shape index (κ1) is 31.1. The number of piperidine rings is 1. The van der Waals surface area contributed by atoms with Crippen molar-refractivity contribution < 1.29 is 23.4 Å².